The van der Waals surface area contributed by atoms with Crippen LogP contribution in [0.4, 0.5) is 0 Å². The zero-order chi connectivity index (χ0) is 14.0. The maximum absolute atomic E-state index is 2.34. The minimum absolute atomic E-state index is 1.19. The minimum Gasteiger partial charge on any atom is -0.0888 e. The van der Waals surface area contributed by atoms with Gasteiger partial charge >= 0.3 is 0 Å². The normalized spacial score (nSPS) is 11.9. The Labute approximate surface area is 122 Å². The molecule has 0 bridgehead atoms. The Morgan fingerprint density at radius 2 is 0.737 bits per heavy atom. The highest BCUT2D eigenvalue weighted by Gasteiger charge is 1.92. The van der Waals surface area contributed by atoms with E-state index in [1.165, 1.54) is 83.5 Å². The summed E-state index contributed by atoms with van der Waals surface area (Å²) in [7, 11) is 0. The van der Waals surface area contributed by atoms with E-state index < -0.39 is 0 Å². The summed E-state index contributed by atoms with van der Waals surface area (Å²) < 4.78 is 0. The van der Waals surface area contributed by atoms with Gasteiger partial charge in [-0.2, -0.15) is 0 Å². The molecule has 0 heterocycles. The molecule has 0 aliphatic rings. The molecule has 0 spiro atoms. The molecule has 0 aromatic heterocycles. The van der Waals surface area contributed by atoms with Crippen molar-refractivity contribution in [3.63, 3.8) is 0 Å². The van der Waals surface area contributed by atoms with Crippen LogP contribution in [-0.4, -0.2) is 0 Å². The Bertz CT molecular complexity index is 178. The van der Waals surface area contributed by atoms with Crippen LogP contribution in [0.1, 0.15) is 97.3 Å². The van der Waals surface area contributed by atoms with Crippen LogP contribution in [-0.2, 0) is 0 Å². The van der Waals surface area contributed by atoms with E-state index in [2.05, 4.69) is 38.2 Å². The topological polar surface area (TPSA) is 0 Å². The van der Waals surface area contributed by atoms with E-state index in [1.54, 1.807) is 0 Å². The SMILES string of the molecule is CC/C=C/CCCCCCCCCCC/C=C/CC. The van der Waals surface area contributed by atoms with Gasteiger partial charge in [-0.25, -0.2) is 0 Å². The summed E-state index contributed by atoms with van der Waals surface area (Å²) in [6.45, 7) is 4.41. The van der Waals surface area contributed by atoms with Gasteiger partial charge in [0.1, 0.15) is 0 Å². The van der Waals surface area contributed by atoms with Gasteiger partial charge in [-0.05, 0) is 38.5 Å². The van der Waals surface area contributed by atoms with Crippen molar-refractivity contribution >= 4 is 0 Å². The summed E-state index contributed by atoms with van der Waals surface area (Å²) in [5.74, 6) is 0. The molecule has 19 heavy (non-hydrogen) atoms. The van der Waals surface area contributed by atoms with Crippen molar-refractivity contribution in [3.8, 4) is 0 Å². The lowest BCUT2D eigenvalue weighted by atomic mass is 10.1. The van der Waals surface area contributed by atoms with Crippen molar-refractivity contribution in [1.29, 1.82) is 0 Å². The molecule has 0 aliphatic heterocycles. The monoisotopic (exact) mass is 264 g/mol. The van der Waals surface area contributed by atoms with Gasteiger partial charge in [0, 0.05) is 0 Å². The average Bonchev–Trinajstić information content (AvgIpc) is 2.43. The molecule has 0 N–H and O–H groups in total. The highest BCUT2D eigenvalue weighted by Crippen LogP contribution is 2.11. The van der Waals surface area contributed by atoms with E-state index in [0.29, 0.717) is 0 Å². The van der Waals surface area contributed by atoms with E-state index in [-0.39, 0.29) is 0 Å². The third-order valence-corrected chi connectivity index (χ3v) is 3.55. The Morgan fingerprint density at radius 3 is 1.05 bits per heavy atom. The molecule has 112 valence electrons. The maximum Gasteiger partial charge on any atom is -0.0351 e. The number of rotatable bonds is 14. The van der Waals surface area contributed by atoms with Crippen molar-refractivity contribution in [2.24, 2.45) is 0 Å². The number of unbranched alkanes of at least 4 members (excludes halogenated alkanes) is 10. The first-order chi connectivity index (χ1) is 9.41. The van der Waals surface area contributed by atoms with Gasteiger partial charge in [0.05, 0.1) is 0 Å². The first-order valence-corrected chi connectivity index (χ1v) is 8.71. The molecule has 0 aromatic rings. The molecule has 0 rings (SSSR count). The lowest BCUT2D eigenvalue weighted by Gasteiger charge is -2.01. The smallest absolute Gasteiger partial charge is 0.0351 e. The average molecular weight is 264 g/mol. The molecule has 0 aromatic carbocycles. The number of allylic oxidation sites excluding steroid dienone is 4. The molecule has 0 nitrogen and oxygen atoms in total. The van der Waals surface area contributed by atoms with Crippen molar-refractivity contribution in [2.45, 2.75) is 97.3 Å². The van der Waals surface area contributed by atoms with Crippen LogP contribution in [0.25, 0.3) is 0 Å². The second-order valence-electron chi connectivity index (χ2n) is 5.52. The fraction of sp³-hybridized carbons (Fsp3) is 0.789. The molecule has 0 unspecified atom stereocenters. The third-order valence-electron chi connectivity index (χ3n) is 3.55. The third kappa shape index (κ3) is 17.5. The maximum atomic E-state index is 2.34. The van der Waals surface area contributed by atoms with Crippen LogP contribution in [0.15, 0.2) is 24.3 Å². The quantitative estimate of drug-likeness (QED) is 0.230. The summed E-state index contributed by atoms with van der Waals surface area (Å²) in [6.07, 6.45) is 27.1. The van der Waals surface area contributed by atoms with Gasteiger partial charge < -0.3 is 0 Å². The molecule has 0 saturated carbocycles. The molecule has 0 fully saturated rings. The van der Waals surface area contributed by atoms with Gasteiger partial charge in [-0.3, -0.25) is 0 Å². The highest BCUT2D eigenvalue weighted by atomic mass is 14.0. The standard InChI is InChI=1S/C19H36/c1-3-5-7-9-11-13-15-17-19-18-16-14-12-10-8-6-4-2/h5-8H,3-4,9-19H2,1-2H3/b7-5+,8-6+. The lowest BCUT2D eigenvalue weighted by molar-refractivity contribution is 0.561. The van der Waals surface area contributed by atoms with Gasteiger partial charge in [0.2, 0.25) is 0 Å². The summed E-state index contributed by atoms with van der Waals surface area (Å²) in [5, 5.41) is 0. The van der Waals surface area contributed by atoms with Crippen LogP contribution in [0, 0.1) is 0 Å². The van der Waals surface area contributed by atoms with Gasteiger partial charge in [0.25, 0.3) is 0 Å². The Kier molecular flexibility index (Phi) is 17.0. The summed E-state index contributed by atoms with van der Waals surface area (Å²) >= 11 is 0. The van der Waals surface area contributed by atoms with Crippen LogP contribution >= 0.6 is 0 Å². The number of hydrogen-bond acceptors (Lipinski definition) is 0. The molecule has 0 atom stereocenters. The highest BCUT2D eigenvalue weighted by molar-refractivity contribution is 4.80. The largest absolute Gasteiger partial charge is 0.0888 e. The molecule has 0 aliphatic carbocycles. The van der Waals surface area contributed by atoms with E-state index in [0.717, 1.165) is 0 Å². The second-order valence-corrected chi connectivity index (χ2v) is 5.52. The second kappa shape index (κ2) is 17.5. The van der Waals surface area contributed by atoms with E-state index in [9.17, 15) is 0 Å². The molecule has 0 radical (unpaired) electrons. The van der Waals surface area contributed by atoms with E-state index in [1.807, 2.05) is 0 Å². The zero-order valence-corrected chi connectivity index (χ0v) is 13.5. The van der Waals surface area contributed by atoms with Crippen LogP contribution in [0.2, 0.25) is 0 Å². The molecule has 0 amide bonds. The molecular weight excluding hydrogens is 228 g/mol. The predicted molar refractivity (Wildman–Crippen MR) is 89.6 cm³/mol. The van der Waals surface area contributed by atoms with Gasteiger partial charge in [0.15, 0.2) is 0 Å². The molecule has 0 saturated heterocycles. The summed E-state index contributed by atoms with van der Waals surface area (Å²) in [4.78, 5) is 0. The predicted octanol–water partition coefficient (Wildman–Crippen LogP) is 7.21. The van der Waals surface area contributed by atoms with Crippen LogP contribution < -0.4 is 0 Å². The van der Waals surface area contributed by atoms with Crippen molar-refractivity contribution in [1.82, 2.24) is 0 Å². The Morgan fingerprint density at radius 1 is 0.421 bits per heavy atom. The van der Waals surface area contributed by atoms with Crippen molar-refractivity contribution < 1.29 is 0 Å². The fourth-order valence-corrected chi connectivity index (χ4v) is 2.33. The van der Waals surface area contributed by atoms with Crippen molar-refractivity contribution in [3.05, 3.63) is 24.3 Å². The fourth-order valence-electron chi connectivity index (χ4n) is 2.33. The first kappa shape index (κ1) is 18.5. The van der Waals surface area contributed by atoms with Gasteiger partial charge in [-0.1, -0.05) is 83.1 Å². The molecular formula is C19H36. The Hall–Kier alpha value is -0.520. The molecule has 0 heteroatoms. The minimum atomic E-state index is 1.19. The van der Waals surface area contributed by atoms with Crippen molar-refractivity contribution in [2.75, 3.05) is 0 Å². The van der Waals surface area contributed by atoms with E-state index in [4.69, 9.17) is 0 Å². The van der Waals surface area contributed by atoms with Crippen LogP contribution in [0.5, 0.6) is 0 Å². The summed E-state index contributed by atoms with van der Waals surface area (Å²) in [6, 6.07) is 0. The van der Waals surface area contributed by atoms with E-state index >= 15 is 0 Å². The van der Waals surface area contributed by atoms with Crippen LogP contribution in [0.3, 0.4) is 0 Å². The summed E-state index contributed by atoms with van der Waals surface area (Å²) in [5.41, 5.74) is 0. The Balaban J connectivity index is 2.99. The van der Waals surface area contributed by atoms with Gasteiger partial charge in [-0.15, -0.1) is 0 Å². The zero-order valence-electron chi connectivity index (χ0n) is 13.5. The lowest BCUT2D eigenvalue weighted by Crippen LogP contribution is -1.81. The first-order valence-electron chi connectivity index (χ1n) is 8.71. The number of hydrogen-bond donors (Lipinski definition) is 0.